The Labute approximate surface area is 167 Å². The minimum absolute atomic E-state index is 0. The van der Waals surface area contributed by atoms with E-state index in [2.05, 4.69) is 35.7 Å². The fourth-order valence-corrected chi connectivity index (χ4v) is 2.19. The standard InChI is InChI=1S/C17H31N3O2S.HI/c1-15(2)14-21-11-5-8-18-17(20-10-13-23-3)19-9-7-16-6-4-12-22-16;/h4,6,12,15H,5,7-11,13-14H2,1-3H3,(H2,18,19,20);1H. The molecule has 24 heavy (non-hydrogen) atoms. The molecular formula is C17H32IN3O2S. The summed E-state index contributed by atoms with van der Waals surface area (Å²) in [6, 6.07) is 3.91. The van der Waals surface area contributed by atoms with Crippen molar-refractivity contribution in [1.82, 2.24) is 10.6 Å². The molecule has 0 spiro atoms. The molecule has 0 aliphatic heterocycles. The average Bonchev–Trinajstić information content (AvgIpc) is 3.03. The first-order valence-electron chi connectivity index (χ1n) is 8.33. The lowest BCUT2D eigenvalue weighted by Gasteiger charge is -2.12. The molecule has 1 heterocycles. The van der Waals surface area contributed by atoms with Gasteiger partial charge in [-0.3, -0.25) is 4.99 Å². The van der Waals surface area contributed by atoms with Gasteiger partial charge in [-0.15, -0.1) is 24.0 Å². The SMILES string of the molecule is CSCCNC(=NCCCOCC(C)C)NCCc1ccco1.I. The molecule has 0 aromatic carbocycles. The van der Waals surface area contributed by atoms with Crippen molar-refractivity contribution in [3.8, 4) is 0 Å². The molecule has 2 N–H and O–H groups in total. The van der Waals surface area contributed by atoms with Gasteiger partial charge in [0.05, 0.1) is 6.26 Å². The molecule has 5 nitrogen and oxygen atoms in total. The number of hydrogen-bond acceptors (Lipinski definition) is 4. The summed E-state index contributed by atoms with van der Waals surface area (Å²) in [7, 11) is 0. The molecule has 0 amide bonds. The third kappa shape index (κ3) is 12.9. The zero-order chi connectivity index (χ0) is 16.8. The van der Waals surface area contributed by atoms with E-state index in [4.69, 9.17) is 9.15 Å². The number of nitrogens with one attached hydrogen (secondary N) is 2. The Hall–Kier alpha value is -0.410. The van der Waals surface area contributed by atoms with E-state index in [1.54, 1.807) is 6.26 Å². The quantitative estimate of drug-likeness (QED) is 0.213. The van der Waals surface area contributed by atoms with Crippen LogP contribution in [0, 0.1) is 5.92 Å². The van der Waals surface area contributed by atoms with Gasteiger partial charge in [0, 0.05) is 45.0 Å². The molecule has 0 unspecified atom stereocenters. The first-order valence-corrected chi connectivity index (χ1v) is 9.73. The Morgan fingerprint density at radius 3 is 2.79 bits per heavy atom. The highest BCUT2D eigenvalue weighted by molar-refractivity contribution is 14.0. The summed E-state index contributed by atoms with van der Waals surface area (Å²) in [5.74, 6) is 3.51. The number of aliphatic imine (C=N–C) groups is 1. The molecule has 0 saturated heterocycles. The molecule has 0 aliphatic carbocycles. The molecule has 0 aliphatic rings. The van der Waals surface area contributed by atoms with E-state index in [0.717, 1.165) is 63.2 Å². The van der Waals surface area contributed by atoms with E-state index in [-0.39, 0.29) is 24.0 Å². The third-order valence-electron chi connectivity index (χ3n) is 3.01. The molecule has 0 fully saturated rings. The molecule has 1 rings (SSSR count). The molecular weight excluding hydrogens is 437 g/mol. The predicted molar refractivity (Wildman–Crippen MR) is 115 cm³/mol. The number of halogens is 1. The minimum atomic E-state index is 0. The number of rotatable bonds is 12. The van der Waals surface area contributed by atoms with Crippen LogP contribution < -0.4 is 10.6 Å². The van der Waals surface area contributed by atoms with Gasteiger partial charge >= 0.3 is 0 Å². The summed E-state index contributed by atoms with van der Waals surface area (Å²) in [6.07, 6.45) is 5.61. The number of thioether (sulfide) groups is 1. The fourth-order valence-electron chi connectivity index (χ4n) is 1.88. The normalized spacial score (nSPS) is 11.4. The molecule has 1 aromatic heterocycles. The Morgan fingerprint density at radius 2 is 2.12 bits per heavy atom. The number of guanidine groups is 1. The first-order chi connectivity index (χ1) is 11.2. The Kier molecular flexibility index (Phi) is 15.8. The van der Waals surface area contributed by atoms with Gasteiger partial charge in [-0.2, -0.15) is 11.8 Å². The van der Waals surface area contributed by atoms with Crippen LogP contribution in [-0.4, -0.2) is 50.8 Å². The van der Waals surface area contributed by atoms with E-state index < -0.39 is 0 Å². The van der Waals surface area contributed by atoms with Crippen molar-refractivity contribution in [2.24, 2.45) is 10.9 Å². The second-order valence-electron chi connectivity index (χ2n) is 5.73. The molecule has 7 heteroatoms. The van der Waals surface area contributed by atoms with E-state index in [0.29, 0.717) is 5.92 Å². The van der Waals surface area contributed by atoms with Crippen LogP contribution in [0.5, 0.6) is 0 Å². The summed E-state index contributed by atoms with van der Waals surface area (Å²) in [5, 5.41) is 6.71. The van der Waals surface area contributed by atoms with Gasteiger partial charge in [-0.1, -0.05) is 13.8 Å². The number of hydrogen-bond donors (Lipinski definition) is 2. The van der Waals surface area contributed by atoms with E-state index in [1.807, 2.05) is 23.9 Å². The van der Waals surface area contributed by atoms with Crippen molar-refractivity contribution in [2.75, 3.05) is 44.9 Å². The van der Waals surface area contributed by atoms with Gasteiger partial charge in [0.15, 0.2) is 5.96 Å². The van der Waals surface area contributed by atoms with Crippen molar-refractivity contribution >= 4 is 41.7 Å². The van der Waals surface area contributed by atoms with Crippen LogP contribution in [0.25, 0.3) is 0 Å². The molecule has 1 aromatic rings. The van der Waals surface area contributed by atoms with Gasteiger partial charge in [0.1, 0.15) is 5.76 Å². The smallest absolute Gasteiger partial charge is 0.191 e. The molecule has 0 bridgehead atoms. The van der Waals surface area contributed by atoms with Gasteiger partial charge in [-0.05, 0) is 30.7 Å². The van der Waals surface area contributed by atoms with Crippen LogP contribution in [0.3, 0.4) is 0 Å². The molecule has 0 atom stereocenters. The van der Waals surface area contributed by atoms with Crippen LogP contribution >= 0.6 is 35.7 Å². The summed E-state index contributed by atoms with van der Waals surface area (Å²) in [4.78, 5) is 4.61. The highest BCUT2D eigenvalue weighted by Crippen LogP contribution is 1.99. The molecule has 0 saturated carbocycles. The topological polar surface area (TPSA) is 58.8 Å². The summed E-state index contributed by atoms with van der Waals surface area (Å²) in [5.41, 5.74) is 0. The van der Waals surface area contributed by atoms with Gasteiger partial charge in [0.2, 0.25) is 0 Å². The van der Waals surface area contributed by atoms with Crippen molar-refractivity contribution in [1.29, 1.82) is 0 Å². The first kappa shape index (κ1) is 23.6. The maximum Gasteiger partial charge on any atom is 0.191 e. The Bertz CT molecular complexity index is 414. The van der Waals surface area contributed by atoms with E-state index in [9.17, 15) is 0 Å². The van der Waals surface area contributed by atoms with Gasteiger partial charge in [-0.25, -0.2) is 0 Å². The maximum absolute atomic E-state index is 5.58. The highest BCUT2D eigenvalue weighted by Gasteiger charge is 2.00. The summed E-state index contributed by atoms with van der Waals surface area (Å²) >= 11 is 1.82. The monoisotopic (exact) mass is 469 g/mol. The van der Waals surface area contributed by atoms with Crippen LogP contribution in [0.2, 0.25) is 0 Å². The van der Waals surface area contributed by atoms with Gasteiger partial charge in [0.25, 0.3) is 0 Å². The van der Waals surface area contributed by atoms with Crippen molar-refractivity contribution < 1.29 is 9.15 Å². The van der Waals surface area contributed by atoms with Crippen LogP contribution in [-0.2, 0) is 11.2 Å². The average molecular weight is 469 g/mol. The summed E-state index contributed by atoms with van der Waals surface area (Å²) in [6.45, 7) is 8.41. The number of nitrogens with zero attached hydrogens (tertiary/aromatic N) is 1. The van der Waals surface area contributed by atoms with Gasteiger partial charge < -0.3 is 19.8 Å². The van der Waals surface area contributed by atoms with Crippen LogP contribution in [0.1, 0.15) is 26.0 Å². The van der Waals surface area contributed by atoms with Crippen molar-refractivity contribution in [3.63, 3.8) is 0 Å². The van der Waals surface area contributed by atoms with E-state index >= 15 is 0 Å². The number of ether oxygens (including phenoxy) is 1. The lowest BCUT2D eigenvalue weighted by Crippen LogP contribution is -2.39. The number of furan rings is 1. The van der Waals surface area contributed by atoms with Crippen molar-refractivity contribution in [2.45, 2.75) is 26.7 Å². The van der Waals surface area contributed by atoms with Crippen LogP contribution in [0.15, 0.2) is 27.8 Å². The zero-order valence-electron chi connectivity index (χ0n) is 15.0. The molecule has 0 radical (unpaired) electrons. The van der Waals surface area contributed by atoms with E-state index in [1.165, 1.54) is 0 Å². The van der Waals surface area contributed by atoms with Crippen LogP contribution in [0.4, 0.5) is 0 Å². The second kappa shape index (κ2) is 16.1. The Balaban J connectivity index is 0.00000529. The predicted octanol–water partition coefficient (Wildman–Crippen LogP) is 3.40. The Morgan fingerprint density at radius 1 is 1.33 bits per heavy atom. The highest BCUT2D eigenvalue weighted by atomic mass is 127. The van der Waals surface area contributed by atoms with Crippen molar-refractivity contribution in [3.05, 3.63) is 24.2 Å². The lowest BCUT2D eigenvalue weighted by molar-refractivity contribution is 0.109. The zero-order valence-corrected chi connectivity index (χ0v) is 18.2. The maximum atomic E-state index is 5.58. The minimum Gasteiger partial charge on any atom is -0.469 e. The fraction of sp³-hybridized carbons (Fsp3) is 0.706. The molecule has 140 valence electrons. The lowest BCUT2D eigenvalue weighted by atomic mass is 10.2. The third-order valence-corrected chi connectivity index (χ3v) is 3.62. The second-order valence-corrected chi connectivity index (χ2v) is 6.71. The summed E-state index contributed by atoms with van der Waals surface area (Å²) < 4.78 is 10.9. The largest absolute Gasteiger partial charge is 0.469 e.